The van der Waals surface area contributed by atoms with Gasteiger partial charge in [-0.05, 0) is 51.0 Å². The van der Waals surface area contributed by atoms with Crippen molar-refractivity contribution in [2.45, 2.75) is 244 Å². The molecular formula is C48H88N2O7. The number of esters is 1. The summed E-state index contributed by atoms with van der Waals surface area (Å²) in [4.78, 5) is 47.5. The molecule has 0 aliphatic carbocycles. The van der Waals surface area contributed by atoms with E-state index in [1.54, 1.807) is 0 Å². The number of ether oxygens (including phenoxy) is 1. The lowest BCUT2D eigenvalue weighted by Gasteiger charge is -2.15. The summed E-state index contributed by atoms with van der Waals surface area (Å²) in [5, 5.41) is 22.5. The number of hydrogen-bond acceptors (Lipinski definition) is 6. The predicted molar refractivity (Wildman–Crippen MR) is 236 cm³/mol. The summed E-state index contributed by atoms with van der Waals surface area (Å²) >= 11 is 0. The lowest BCUT2D eigenvalue weighted by atomic mass is 10.0. The molecule has 9 nitrogen and oxygen atoms in total. The van der Waals surface area contributed by atoms with E-state index in [0.29, 0.717) is 19.3 Å². The van der Waals surface area contributed by atoms with Crippen molar-refractivity contribution in [3.05, 3.63) is 24.3 Å². The van der Waals surface area contributed by atoms with Gasteiger partial charge in [-0.15, -0.1) is 0 Å². The molecule has 0 radical (unpaired) electrons. The Kier molecular flexibility index (Phi) is 40.9. The fraction of sp³-hybridized carbons (Fsp3) is 0.833. The maximum atomic E-state index is 12.8. The molecule has 0 aromatic carbocycles. The van der Waals surface area contributed by atoms with Gasteiger partial charge in [-0.25, -0.2) is 4.79 Å². The van der Waals surface area contributed by atoms with Gasteiger partial charge in [0.25, 0.3) is 0 Å². The largest absolute Gasteiger partial charge is 0.480 e. The molecule has 0 saturated heterocycles. The standard InChI is InChI=1S/C48H88N2O7/c1-3-5-7-9-11-13-14-15-16-17-18-19-20-21-22-23-24-26-32-36-40-47(54)57-43(37-33-29-25-12-10-8-6-4-2)38-34-30-27-28-31-35-39-45(52)49-41-46(53)50-44(42-51)48(55)56/h12,25,33,37,43-44,51H,3-11,13-24,26-32,34-36,38-42H2,1-2H3,(H,49,52)(H,50,53)(H,55,56)/b25-12-,37-33-. The molecule has 0 aromatic heterocycles. The van der Waals surface area contributed by atoms with Crippen LogP contribution in [0.2, 0.25) is 0 Å². The molecule has 0 aliphatic rings. The van der Waals surface area contributed by atoms with E-state index in [2.05, 4.69) is 48.8 Å². The van der Waals surface area contributed by atoms with Crippen molar-refractivity contribution in [3.8, 4) is 0 Å². The summed E-state index contributed by atoms with van der Waals surface area (Å²) in [5.41, 5.74) is 0. The molecule has 9 heteroatoms. The number of carbonyl (C=O) groups is 4. The number of rotatable bonds is 43. The first kappa shape index (κ1) is 54.3. The number of aliphatic hydroxyl groups is 1. The highest BCUT2D eigenvalue weighted by Crippen LogP contribution is 2.17. The van der Waals surface area contributed by atoms with Crippen LogP contribution >= 0.6 is 0 Å². The van der Waals surface area contributed by atoms with Crippen LogP contribution < -0.4 is 10.6 Å². The molecule has 57 heavy (non-hydrogen) atoms. The summed E-state index contributed by atoms with van der Waals surface area (Å²) in [5.74, 6) is -2.34. The quantitative estimate of drug-likeness (QED) is 0.0273. The van der Waals surface area contributed by atoms with Gasteiger partial charge in [-0.1, -0.05) is 193 Å². The summed E-state index contributed by atoms with van der Waals surface area (Å²) in [7, 11) is 0. The lowest BCUT2D eigenvalue weighted by Crippen LogP contribution is -2.47. The monoisotopic (exact) mass is 805 g/mol. The van der Waals surface area contributed by atoms with Crippen molar-refractivity contribution >= 4 is 23.8 Å². The average Bonchev–Trinajstić information content (AvgIpc) is 3.20. The molecule has 0 aliphatic heterocycles. The fourth-order valence-corrected chi connectivity index (χ4v) is 7.02. The molecule has 0 aromatic rings. The minimum atomic E-state index is -1.38. The van der Waals surface area contributed by atoms with Crippen molar-refractivity contribution < 1.29 is 34.1 Å². The Morgan fingerprint density at radius 2 is 1.00 bits per heavy atom. The molecule has 0 rings (SSSR count). The van der Waals surface area contributed by atoms with Gasteiger partial charge in [0, 0.05) is 12.8 Å². The molecule has 0 bridgehead atoms. The number of carbonyl (C=O) groups excluding carboxylic acids is 3. The number of aliphatic carboxylic acids is 1. The third-order valence-corrected chi connectivity index (χ3v) is 10.7. The molecule has 0 fully saturated rings. The molecule has 2 atom stereocenters. The second-order valence-corrected chi connectivity index (χ2v) is 16.2. The van der Waals surface area contributed by atoms with E-state index in [0.717, 1.165) is 64.2 Å². The minimum absolute atomic E-state index is 0.0898. The summed E-state index contributed by atoms with van der Waals surface area (Å²) < 4.78 is 5.94. The van der Waals surface area contributed by atoms with Gasteiger partial charge < -0.3 is 25.6 Å². The first-order valence-electron chi connectivity index (χ1n) is 23.7. The topological polar surface area (TPSA) is 142 Å². The third kappa shape index (κ3) is 39.9. The molecule has 2 amide bonds. The zero-order valence-corrected chi connectivity index (χ0v) is 36.9. The fourth-order valence-electron chi connectivity index (χ4n) is 7.02. The first-order valence-corrected chi connectivity index (χ1v) is 23.7. The number of carboxylic acids is 1. The van der Waals surface area contributed by atoms with Crippen LogP contribution in [-0.2, 0) is 23.9 Å². The van der Waals surface area contributed by atoms with Crippen LogP contribution in [0.4, 0.5) is 0 Å². The smallest absolute Gasteiger partial charge is 0.328 e. The Morgan fingerprint density at radius 3 is 1.49 bits per heavy atom. The Morgan fingerprint density at radius 1 is 0.544 bits per heavy atom. The number of nitrogens with one attached hydrogen (secondary N) is 2. The van der Waals surface area contributed by atoms with Gasteiger partial charge in [0.05, 0.1) is 13.2 Å². The number of aliphatic hydroxyl groups excluding tert-OH is 1. The van der Waals surface area contributed by atoms with E-state index in [1.165, 1.54) is 135 Å². The van der Waals surface area contributed by atoms with E-state index in [4.69, 9.17) is 14.9 Å². The molecule has 332 valence electrons. The van der Waals surface area contributed by atoms with Gasteiger partial charge in [0.15, 0.2) is 0 Å². The van der Waals surface area contributed by atoms with Crippen LogP contribution in [0.15, 0.2) is 24.3 Å². The van der Waals surface area contributed by atoms with E-state index >= 15 is 0 Å². The maximum absolute atomic E-state index is 12.8. The van der Waals surface area contributed by atoms with Crippen LogP contribution in [0.1, 0.15) is 232 Å². The highest BCUT2D eigenvalue weighted by Gasteiger charge is 2.18. The number of allylic oxidation sites excluding steroid dienone is 3. The SMILES string of the molecule is CCCCC/C=C\C/C=C\C(CCCCCCCCC(=O)NCC(=O)NC(CO)C(=O)O)OC(=O)CCCCCCCCCCCCCCCCCCCCCC. The van der Waals surface area contributed by atoms with Crippen molar-refractivity contribution in [1.29, 1.82) is 0 Å². The van der Waals surface area contributed by atoms with Gasteiger partial charge in [-0.3, -0.25) is 14.4 Å². The first-order chi connectivity index (χ1) is 27.8. The van der Waals surface area contributed by atoms with E-state index in [1.807, 2.05) is 0 Å². The lowest BCUT2D eigenvalue weighted by molar-refractivity contribution is -0.147. The molecule has 2 unspecified atom stereocenters. The highest BCUT2D eigenvalue weighted by atomic mass is 16.5. The zero-order chi connectivity index (χ0) is 41.9. The van der Waals surface area contributed by atoms with Gasteiger partial charge in [0.2, 0.25) is 11.8 Å². The van der Waals surface area contributed by atoms with Crippen LogP contribution in [0.3, 0.4) is 0 Å². The molecule has 0 heterocycles. The second-order valence-electron chi connectivity index (χ2n) is 16.2. The second kappa shape index (κ2) is 42.9. The Bertz CT molecular complexity index is 1010. The summed E-state index contributed by atoms with van der Waals surface area (Å²) in [6.45, 7) is 3.46. The predicted octanol–water partition coefficient (Wildman–Crippen LogP) is 12.0. The Balaban J connectivity index is 4.12. The number of carboxylic acid groups (broad SMARTS) is 1. The highest BCUT2D eigenvalue weighted by molar-refractivity contribution is 5.87. The van der Waals surface area contributed by atoms with Crippen LogP contribution in [0.5, 0.6) is 0 Å². The van der Waals surface area contributed by atoms with Gasteiger partial charge >= 0.3 is 11.9 Å². The van der Waals surface area contributed by atoms with Crippen molar-refractivity contribution in [1.82, 2.24) is 10.6 Å². The minimum Gasteiger partial charge on any atom is -0.480 e. The van der Waals surface area contributed by atoms with E-state index < -0.39 is 24.5 Å². The normalized spacial score (nSPS) is 12.6. The van der Waals surface area contributed by atoms with Crippen molar-refractivity contribution in [2.75, 3.05) is 13.2 Å². The molecule has 0 saturated carbocycles. The number of hydrogen-bond donors (Lipinski definition) is 4. The van der Waals surface area contributed by atoms with Crippen LogP contribution in [0, 0.1) is 0 Å². The number of unbranched alkanes of at least 4 members (excludes halogenated alkanes) is 27. The maximum Gasteiger partial charge on any atom is 0.328 e. The van der Waals surface area contributed by atoms with Gasteiger partial charge in [-0.2, -0.15) is 0 Å². The van der Waals surface area contributed by atoms with Crippen LogP contribution in [0.25, 0.3) is 0 Å². The van der Waals surface area contributed by atoms with Crippen molar-refractivity contribution in [3.63, 3.8) is 0 Å². The zero-order valence-electron chi connectivity index (χ0n) is 36.9. The molecular weight excluding hydrogens is 717 g/mol. The average molecular weight is 805 g/mol. The molecule has 4 N–H and O–H groups in total. The van der Waals surface area contributed by atoms with Crippen LogP contribution in [-0.4, -0.2) is 59.3 Å². The molecule has 0 spiro atoms. The summed E-state index contributed by atoms with van der Waals surface area (Å²) in [6.07, 6.45) is 48.2. The Hall–Kier alpha value is -2.68. The van der Waals surface area contributed by atoms with Crippen molar-refractivity contribution in [2.24, 2.45) is 0 Å². The van der Waals surface area contributed by atoms with Gasteiger partial charge in [0.1, 0.15) is 12.1 Å². The summed E-state index contributed by atoms with van der Waals surface area (Å²) in [6, 6.07) is -1.38. The van der Waals surface area contributed by atoms with E-state index in [9.17, 15) is 19.2 Å². The Labute approximate surface area is 349 Å². The third-order valence-electron chi connectivity index (χ3n) is 10.7. The number of amides is 2. The van der Waals surface area contributed by atoms with E-state index in [-0.39, 0.29) is 24.5 Å².